The lowest BCUT2D eigenvalue weighted by molar-refractivity contribution is 0.521. The normalized spacial score (nSPS) is 12.4. The number of halogens is 1. The molecule has 2 aromatic carbocycles. The minimum Gasteiger partial charge on any atom is -0.314 e. The van der Waals surface area contributed by atoms with Gasteiger partial charge in [-0.1, -0.05) is 60.5 Å². The summed E-state index contributed by atoms with van der Waals surface area (Å²) in [7, 11) is 0. The zero-order valence-corrected chi connectivity index (χ0v) is 13.9. The summed E-state index contributed by atoms with van der Waals surface area (Å²) < 4.78 is 0. The van der Waals surface area contributed by atoms with Crippen molar-refractivity contribution in [3.63, 3.8) is 0 Å². The van der Waals surface area contributed by atoms with E-state index in [1.165, 1.54) is 22.3 Å². The van der Waals surface area contributed by atoms with Gasteiger partial charge in [-0.3, -0.25) is 0 Å². The quantitative estimate of drug-likeness (QED) is 0.814. The van der Waals surface area contributed by atoms with E-state index in [1.54, 1.807) is 0 Å². The van der Waals surface area contributed by atoms with Crippen molar-refractivity contribution in [2.75, 3.05) is 6.54 Å². The van der Waals surface area contributed by atoms with Gasteiger partial charge in [-0.2, -0.15) is 0 Å². The first-order chi connectivity index (χ1) is 10.1. The molecule has 0 aliphatic heterocycles. The summed E-state index contributed by atoms with van der Waals surface area (Å²) >= 11 is 6.37. The Balaban J connectivity index is 2.11. The molecule has 0 bridgehead atoms. The fraction of sp³-hybridized carbons (Fsp3) is 0.368. The van der Waals surface area contributed by atoms with E-state index >= 15 is 0 Å². The van der Waals surface area contributed by atoms with Crippen LogP contribution >= 0.6 is 11.6 Å². The van der Waals surface area contributed by atoms with Crippen LogP contribution in [0.25, 0.3) is 0 Å². The molecule has 21 heavy (non-hydrogen) atoms. The highest BCUT2D eigenvalue weighted by Gasteiger charge is 2.12. The third-order valence-corrected chi connectivity index (χ3v) is 4.08. The summed E-state index contributed by atoms with van der Waals surface area (Å²) in [5.41, 5.74) is 5.13. The first-order valence-corrected chi connectivity index (χ1v) is 8.00. The zero-order valence-electron chi connectivity index (χ0n) is 13.1. The maximum absolute atomic E-state index is 6.37. The van der Waals surface area contributed by atoms with Gasteiger partial charge in [0.15, 0.2) is 0 Å². The second kappa shape index (κ2) is 7.63. The molecule has 0 saturated carbocycles. The number of aryl methyl sites for hydroxylation is 2. The van der Waals surface area contributed by atoms with Gasteiger partial charge in [-0.25, -0.2) is 0 Å². The van der Waals surface area contributed by atoms with Gasteiger partial charge in [0.05, 0.1) is 0 Å². The van der Waals surface area contributed by atoms with Crippen LogP contribution in [0, 0.1) is 13.8 Å². The number of hydrogen-bond acceptors (Lipinski definition) is 1. The van der Waals surface area contributed by atoms with E-state index in [0.717, 1.165) is 24.4 Å². The number of nitrogens with one attached hydrogen (secondary N) is 1. The van der Waals surface area contributed by atoms with Crippen molar-refractivity contribution in [2.45, 2.75) is 39.7 Å². The molecule has 112 valence electrons. The van der Waals surface area contributed by atoms with Crippen LogP contribution in [0.2, 0.25) is 5.02 Å². The minimum atomic E-state index is 0.414. The second-order valence-corrected chi connectivity index (χ2v) is 6.15. The topological polar surface area (TPSA) is 12.0 Å². The summed E-state index contributed by atoms with van der Waals surface area (Å²) in [6, 6.07) is 15.5. The summed E-state index contributed by atoms with van der Waals surface area (Å²) in [4.78, 5) is 0. The van der Waals surface area contributed by atoms with Crippen LogP contribution in [0.5, 0.6) is 0 Å². The standard InChI is InChI=1S/C19H24ClN/c1-4-21-18(12-16-7-5-6-14(2)10-16)13-17-9-8-15(3)11-19(17)20/h5-11,18,21H,4,12-13H2,1-3H3. The highest BCUT2D eigenvalue weighted by atomic mass is 35.5. The van der Waals surface area contributed by atoms with E-state index in [1.807, 2.05) is 6.07 Å². The third kappa shape index (κ3) is 4.87. The van der Waals surface area contributed by atoms with Crippen LogP contribution in [0.3, 0.4) is 0 Å². The third-order valence-electron chi connectivity index (χ3n) is 3.73. The fourth-order valence-corrected chi connectivity index (χ4v) is 3.02. The SMILES string of the molecule is CCNC(Cc1cccc(C)c1)Cc1ccc(C)cc1Cl. The molecule has 0 fully saturated rings. The summed E-state index contributed by atoms with van der Waals surface area (Å²) in [5.74, 6) is 0. The molecule has 0 aliphatic carbocycles. The van der Waals surface area contributed by atoms with Gasteiger partial charge in [0.1, 0.15) is 0 Å². The van der Waals surface area contributed by atoms with Crippen molar-refractivity contribution in [1.82, 2.24) is 5.32 Å². The first-order valence-electron chi connectivity index (χ1n) is 7.62. The molecule has 1 unspecified atom stereocenters. The molecule has 1 N–H and O–H groups in total. The predicted octanol–water partition coefficient (Wildman–Crippen LogP) is 4.72. The Morgan fingerprint density at radius 3 is 2.43 bits per heavy atom. The molecule has 0 heterocycles. The number of hydrogen-bond donors (Lipinski definition) is 1. The highest BCUT2D eigenvalue weighted by molar-refractivity contribution is 6.31. The smallest absolute Gasteiger partial charge is 0.0441 e. The number of likely N-dealkylation sites (N-methyl/N-ethyl adjacent to an activating group) is 1. The van der Waals surface area contributed by atoms with Gasteiger partial charge in [-0.05, 0) is 56.0 Å². The lowest BCUT2D eigenvalue weighted by Gasteiger charge is -2.19. The molecule has 2 aromatic rings. The van der Waals surface area contributed by atoms with Gasteiger partial charge in [0.2, 0.25) is 0 Å². The van der Waals surface area contributed by atoms with E-state index in [4.69, 9.17) is 11.6 Å². The molecule has 0 aliphatic rings. The average Bonchev–Trinajstić information content (AvgIpc) is 2.42. The first kappa shape index (κ1) is 16.1. The van der Waals surface area contributed by atoms with Crippen LogP contribution < -0.4 is 5.32 Å². The van der Waals surface area contributed by atoms with Crippen molar-refractivity contribution >= 4 is 11.6 Å². The van der Waals surface area contributed by atoms with Gasteiger partial charge < -0.3 is 5.32 Å². The van der Waals surface area contributed by atoms with Crippen molar-refractivity contribution in [1.29, 1.82) is 0 Å². The Kier molecular flexibility index (Phi) is 5.84. The summed E-state index contributed by atoms with van der Waals surface area (Å²) in [5, 5.41) is 4.46. The maximum atomic E-state index is 6.37. The molecule has 1 atom stereocenters. The second-order valence-electron chi connectivity index (χ2n) is 5.75. The number of benzene rings is 2. The molecular formula is C19H24ClN. The molecule has 2 rings (SSSR count). The van der Waals surface area contributed by atoms with Crippen molar-refractivity contribution < 1.29 is 0 Å². The van der Waals surface area contributed by atoms with E-state index in [-0.39, 0.29) is 0 Å². The van der Waals surface area contributed by atoms with E-state index < -0.39 is 0 Å². The van der Waals surface area contributed by atoms with E-state index in [0.29, 0.717) is 6.04 Å². The van der Waals surface area contributed by atoms with Crippen LogP contribution in [-0.4, -0.2) is 12.6 Å². The predicted molar refractivity (Wildman–Crippen MR) is 92.2 cm³/mol. The van der Waals surface area contributed by atoms with Gasteiger partial charge in [0, 0.05) is 11.1 Å². The Labute approximate surface area is 133 Å². The van der Waals surface area contributed by atoms with Gasteiger partial charge >= 0.3 is 0 Å². The molecule has 0 aromatic heterocycles. The van der Waals surface area contributed by atoms with Gasteiger partial charge in [0.25, 0.3) is 0 Å². The Morgan fingerprint density at radius 1 is 1.00 bits per heavy atom. The highest BCUT2D eigenvalue weighted by Crippen LogP contribution is 2.20. The van der Waals surface area contributed by atoms with E-state index in [2.05, 4.69) is 62.5 Å². The fourth-order valence-electron chi connectivity index (χ4n) is 2.71. The van der Waals surface area contributed by atoms with Crippen molar-refractivity contribution in [2.24, 2.45) is 0 Å². The van der Waals surface area contributed by atoms with Crippen LogP contribution in [-0.2, 0) is 12.8 Å². The van der Waals surface area contributed by atoms with E-state index in [9.17, 15) is 0 Å². The molecular weight excluding hydrogens is 278 g/mol. The molecule has 0 saturated heterocycles. The van der Waals surface area contributed by atoms with Crippen LogP contribution in [0.4, 0.5) is 0 Å². The van der Waals surface area contributed by atoms with Crippen LogP contribution in [0.15, 0.2) is 42.5 Å². The summed E-state index contributed by atoms with van der Waals surface area (Å²) in [6.07, 6.45) is 1.99. The molecule has 1 nitrogen and oxygen atoms in total. The van der Waals surface area contributed by atoms with Crippen LogP contribution in [0.1, 0.15) is 29.2 Å². The largest absolute Gasteiger partial charge is 0.314 e. The lowest BCUT2D eigenvalue weighted by atomic mass is 9.97. The summed E-state index contributed by atoms with van der Waals surface area (Å²) in [6.45, 7) is 7.34. The Hall–Kier alpha value is -1.31. The Morgan fingerprint density at radius 2 is 1.76 bits per heavy atom. The monoisotopic (exact) mass is 301 g/mol. The molecule has 0 radical (unpaired) electrons. The number of rotatable bonds is 6. The molecule has 0 amide bonds. The zero-order chi connectivity index (χ0) is 15.2. The minimum absolute atomic E-state index is 0.414. The van der Waals surface area contributed by atoms with Crippen molar-refractivity contribution in [3.8, 4) is 0 Å². The molecule has 2 heteroatoms. The average molecular weight is 302 g/mol. The molecule has 0 spiro atoms. The van der Waals surface area contributed by atoms with Gasteiger partial charge in [-0.15, -0.1) is 0 Å². The Bertz CT molecular complexity index is 592. The van der Waals surface area contributed by atoms with Crippen molar-refractivity contribution in [3.05, 3.63) is 69.7 Å². The maximum Gasteiger partial charge on any atom is 0.0441 e. The lowest BCUT2D eigenvalue weighted by Crippen LogP contribution is -2.33.